The second-order valence-electron chi connectivity index (χ2n) is 4.43. The van der Waals surface area contributed by atoms with Gasteiger partial charge in [-0.1, -0.05) is 34.1 Å². The molecule has 4 heteroatoms. The quantitative estimate of drug-likeness (QED) is 0.710. The van der Waals surface area contributed by atoms with Gasteiger partial charge in [0.2, 0.25) is 0 Å². The first kappa shape index (κ1) is 15.6. The van der Waals surface area contributed by atoms with Gasteiger partial charge in [0, 0.05) is 17.5 Å². The van der Waals surface area contributed by atoms with E-state index in [0.717, 1.165) is 0 Å². The first-order valence-corrected chi connectivity index (χ1v) is 7.22. The molecule has 18 heavy (non-hydrogen) atoms. The highest BCUT2D eigenvalue weighted by atomic mass is 79.9. The molecule has 0 aliphatic carbocycles. The van der Waals surface area contributed by atoms with Crippen LogP contribution in [0.1, 0.15) is 26.3 Å². The summed E-state index contributed by atoms with van der Waals surface area (Å²) in [7, 11) is 0. The Morgan fingerprint density at radius 3 is 2.61 bits per heavy atom. The maximum absolute atomic E-state index is 13.8. The van der Waals surface area contributed by atoms with Crippen molar-refractivity contribution < 1.29 is 13.9 Å². The van der Waals surface area contributed by atoms with E-state index in [1.807, 2.05) is 26.8 Å². The van der Waals surface area contributed by atoms with Crippen LogP contribution in [-0.4, -0.2) is 24.6 Å². The van der Waals surface area contributed by atoms with Gasteiger partial charge in [-0.2, -0.15) is 0 Å². The van der Waals surface area contributed by atoms with Gasteiger partial charge in [-0.25, -0.2) is 4.39 Å². The zero-order valence-electron chi connectivity index (χ0n) is 11.1. The molecule has 0 N–H and O–H groups in total. The van der Waals surface area contributed by atoms with Gasteiger partial charge in [-0.05, 0) is 26.8 Å². The summed E-state index contributed by atoms with van der Waals surface area (Å²) >= 11 is 3.41. The lowest BCUT2D eigenvalue weighted by Gasteiger charge is -2.32. The number of benzene rings is 1. The Kier molecular flexibility index (Phi) is 6.26. The molecule has 0 fully saturated rings. The Labute approximate surface area is 117 Å². The molecule has 1 rings (SSSR count). The van der Waals surface area contributed by atoms with E-state index in [2.05, 4.69) is 15.9 Å². The van der Waals surface area contributed by atoms with Gasteiger partial charge in [0.15, 0.2) is 0 Å². The second-order valence-corrected chi connectivity index (χ2v) is 4.99. The second kappa shape index (κ2) is 7.22. The molecule has 0 heterocycles. The third-order valence-electron chi connectivity index (χ3n) is 2.72. The van der Waals surface area contributed by atoms with E-state index in [-0.39, 0.29) is 11.9 Å². The van der Waals surface area contributed by atoms with Crippen molar-refractivity contribution in [3.63, 3.8) is 0 Å². The van der Waals surface area contributed by atoms with Crippen molar-refractivity contribution in [2.75, 3.05) is 18.5 Å². The molecule has 0 saturated heterocycles. The molecule has 0 radical (unpaired) electrons. The molecule has 0 spiro atoms. The molecule has 0 aliphatic rings. The number of hydrogen-bond acceptors (Lipinski definition) is 2. The Morgan fingerprint density at radius 2 is 2.06 bits per heavy atom. The van der Waals surface area contributed by atoms with E-state index in [9.17, 15) is 4.39 Å². The lowest BCUT2D eigenvalue weighted by molar-refractivity contribution is -0.0945. The van der Waals surface area contributed by atoms with E-state index >= 15 is 0 Å². The predicted octanol–water partition coefficient (Wildman–Crippen LogP) is 3.88. The monoisotopic (exact) mass is 318 g/mol. The van der Waals surface area contributed by atoms with Gasteiger partial charge in [-0.15, -0.1) is 0 Å². The summed E-state index contributed by atoms with van der Waals surface area (Å²) in [5, 5.41) is 0.525. The Morgan fingerprint density at radius 1 is 1.39 bits per heavy atom. The molecular formula is C14H20BrFO2. The molecule has 1 aromatic rings. The average molecular weight is 319 g/mol. The van der Waals surface area contributed by atoms with Gasteiger partial charge < -0.3 is 9.47 Å². The molecule has 0 bridgehead atoms. The third-order valence-corrected chi connectivity index (χ3v) is 3.79. The largest absolute Gasteiger partial charge is 0.379 e. The van der Waals surface area contributed by atoms with Gasteiger partial charge in [0.05, 0.1) is 12.7 Å². The van der Waals surface area contributed by atoms with Gasteiger partial charge >= 0.3 is 0 Å². The maximum atomic E-state index is 13.8. The van der Waals surface area contributed by atoms with Crippen LogP contribution in [0, 0.1) is 5.82 Å². The maximum Gasteiger partial charge on any atom is 0.129 e. The topological polar surface area (TPSA) is 18.5 Å². The average Bonchev–Trinajstić information content (AvgIpc) is 2.36. The van der Waals surface area contributed by atoms with E-state index < -0.39 is 5.60 Å². The van der Waals surface area contributed by atoms with E-state index in [1.165, 1.54) is 6.07 Å². The molecule has 102 valence electrons. The standard InChI is InChI=1S/C14H20BrFO2/c1-4-17-9-11(2)18-14(3,10-15)12-7-5-6-8-13(12)16/h5-8,11H,4,9-10H2,1-3H3. The van der Waals surface area contributed by atoms with E-state index in [1.54, 1.807) is 12.1 Å². The summed E-state index contributed by atoms with van der Waals surface area (Å²) in [6, 6.07) is 6.70. The fourth-order valence-electron chi connectivity index (χ4n) is 1.82. The molecule has 1 aromatic carbocycles. The van der Waals surface area contributed by atoms with E-state index in [0.29, 0.717) is 24.1 Å². The Hall–Kier alpha value is -0.450. The lowest BCUT2D eigenvalue weighted by atomic mass is 9.97. The lowest BCUT2D eigenvalue weighted by Crippen LogP contribution is -2.34. The van der Waals surface area contributed by atoms with Crippen LogP contribution in [0.15, 0.2) is 24.3 Å². The minimum atomic E-state index is -0.693. The van der Waals surface area contributed by atoms with Crippen LogP contribution < -0.4 is 0 Å². The fourth-order valence-corrected chi connectivity index (χ4v) is 2.25. The highest BCUT2D eigenvalue weighted by molar-refractivity contribution is 9.09. The van der Waals surface area contributed by atoms with Crippen LogP contribution in [-0.2, 0) is 15.1 Å². The number of rotatable bonds is 7. The van der Waals surface area contributed by atoms with Crippen molar-refractivity contribution in [1.29, 1.82) is 0 Å². The summed E-state index contributed by atoms with van der Waals surface area (Å²) in [6.07, 6.45) is -0.0906. The van der Waals surface area contributed by atoms with Crippen LogP contribution in [0.3, 0.4) is 0 Å². The predicted molar refractivity (Wildman–Crippen MR) is 74.6 cm³/mol. The van der Waals surface area contributed by atoms with Crippen LogP contribution in [0.25, 0.3) is 0 Å². The van der Waals surface area contributed by atoms with Crippen molar-refractivity contribution in [3.05, 3.63) is 35.6 Å². The van der Waals surface area contributed by atoms with Crippen molar-refractivity contribution in [2.45, 2.75) is 32.5 Å². The molecule has 0 amide bonds. The van der Waals surface area contributed by atoms with Crippen molar-refractivity contribution in [1.82, 2.24) is 0 Å². The molecule has 0 saturated carbocycles. The van der Waals surface area contributed by atoms with Gasteiger partial charge in [-0.3, -0.25) is 0 Å². The van der Waals surface area contributed by atoms with Crippen molar-refractivity contribution >= 4 is 15.9 Å². The SMILES string of the molecule is CCOCC(C)OC(C)(CBr)c1ccccc1F. The smallest absolute Gasteiger partial charge is 0.129 e. The Bertz CT molecular complexity index is 373. The van der Waals surface area contributed by atoms with Crippen molar-refractivity contribution in [3.8, 4) is 0 Å². The third kappa shape index (κ3) is 4.04. The number of alkyl halides is 1. The summed E-state index contributed by atoms with van der Waals surface area (Å²) in [5.41, 5.74) is -0.132. The molecule has 2 unspecified atom stereocenters. The minimum absolute atomic E-state index is 0.0906. The van der Waals surface area contributed by atoms with Crippen LogP contribution in [0.4, 0.5) is 4.39 Å². The molecule has 2 nitrogen and oxygen atoms in total. The minimum Gasteiger partial charge on any atom is -0.379 e. The van der Waals surface area contributed by atoms with Crippen LogP contribution in [0.2, 0.25) is 0 Å². The highest BCUT2D eigenvalue weighted by Crippen LogP contribution is 2.30. The summed E-state index contributed by atoms with van der Waals surface area (Å²) in [4.78, 5) is 0. The molecule has 0 aliphatic heterocycles. The summed E-state index contributed by atoms with van der Waals surface area (Å²) in [6.45, 7) is 6.90. The summed E-state index contributed by atoms with van der Waals surface area (Å²) in [5.74, 6) is -0.247. The van der Waals surface area contributed by atoms with Crippen molar-refractivity contribution in [2.24, 2.45) is 0 Å². The number of halogens is 2. The van der Waals surface area contributed by atoms with Gasteiger partial charge in [0.1, 0.15) is 11.4 Å². The zero-order valence-corrected chi connectivity index (χ0v) is 12.7. The van der Waals surface area contributed by atoms with Crippen LogP contribution in [0.5, 0.6) is 0 Å². The number of hydrogen-bond donors (Lipinski definition) is 0. The molecule has 2 atom stereocenters. The normalized spacial score (nSPS) is 16.3. The highest BCUT2D eigenvalue weighted by Gasteiger charge is 2.31. The van der Waals surface area contributed by atoms with Crippen LogP contribution >= 0.6 is 15.9 Å². The first-order chi connectivity index (χ1) is 8.53. The molecular weight excluding hydrogens is 299 g/mol. The van der Waals surface area contributed by atoms with E-state index in [4.69, 9.17) is 9.47 Å². The fraction of sp³-hybridized carbons (Fsp3) is 0.571. The zero-order chi connectivity index (χ0) is 13.6. The first-order valence-electron chi connectivity index (χ1n) is 6.10. The molecule has 0 aromatic heterocycles. The summed E-state index contributed by atoms with van der Waals surface area (Å²) < 4.78 is 25.1. The van der Waals surface area contributed by atoms with Gasteiger partial charge in [0.25, 0.3) is 0 Å². The number of ether oxygens (including phenoxy) is 2. The Balaban J connectivity index is 2.82.